The predicted molar refractivity (Wildman–Crippen MR) is 78.7 cm³/mol. The van der Waals surface area contributed by atoms with Crippen molar-refractivity contribution >= 4 is 10.0 Å². The molecule has 1 N–H and O–H groups in total. The Hall–Kier alpha value is -1.38. The molecule has 4 nitrogen and oxygen atoms in total. The zero-order valence-corrected chi connectivity index (χ0v) is 12.7. The van der Waals surface area contributed by atoms with E-state index in [1.54, 1.807) is 26.0 Å². The maximum Gasteiger partial charge on any atom is 0.214 e. The molecular formula is C15H20N2O2S. The van der Waals surface area contributed by atoms with Gasteiger partial charge in [-0.25, -0.2) is 13.1 Å². The molecule has 0 unspecified atom stereocenters. The number of nitriles is 1. The quantitative estimate of drug-likeness (QED) is 0.927. The molecule has 20 heavy (non-hydrogen) atoms. The molecule has 2 atom stereocenters. The Bertz CT molecular complexity index is 600. The number of sulfonamides is 1. The second kappa shape index (κ2) is 5.94. The number of nitrogens with zero attached hydrogens (tertiary/aromatic N) is 1. The van der Waals surface area contributed by atoms with E-state index in [-0.39, 0.29) is 12.0 Å². The van der Waals surface area contributed by atoms with Crippen molar-refractivity contribution in [2.45, 2.75) is 50.3 Å². The number of rotatable bonds is 4. The lowest BCUT2D eigenvalue weighted by molar-refractivity contribution is 0.519. The highest BCUT2D eigenvalue weighted by atomic mass is 32.2. The van der Waals surface area contributed by atoms with Crippen LogP contribution in [-0.2, 0) is 10.0 Å². The molecule has 1 aliphatic carbocycles. The lowest BCUT2D eigenvalue weighted by Gasteiger charge is -2.22. The van der Waals surface area contributed by atoms with Crippen molar-refractivity contribution in [2.75, 3.05) is 0 Å². The van der Waals surface area contributed by atoms with Gasteiger partial charge in [-0.1, -0.05) is 18.6 Å². The minimum atomic E-state index is -3.24. The number of nitrogens with one attached hydrogen (secondary N) is 1. The first-order valence-corrected chi connectivity index (χ1v) is 8.50. The Morgan fingerprint density at radius 1 is 1.25 bits per heavy atom. The number of hydrogen-bond donors (Lipinski definition) is 1. The summed E-state index contributed by atoms with van der Waals surface area (Å²) in [6.07, 6.45) is 2.88. The van der Waals surface area contributed by atoms with Crippen molar-refractivity contribution in [1.82, 2.24) is 4.72 Å². The van der Waals surface area contributed by atoms with E-state index in [1.807, 2.05) is 12.1 Å². The molecule has 0 amide bonds. The van der Waals surface area contributed by atoms with Crippen LogP contribution in [0.25, 0.3) is 0 Å². The molecule has 0 bridgehead atoms. The first-order chi connectivity index (χ1) is 9.44. The van der Waals surface area contributed by atoms with Crippen molar-refractivity contribution in [3.63, 3.8) is 0 Å². The molecular weight excluding hydrogens is 272 g/mol. The number of hydrogen-bond acceptors (Lipinski definition) is 3. The van der Waals surface area contributed by atoms with Crippen LogP contribution in [0, 0.1) is 11.3 Å². The van der Waals surface area contributed by atoms with Crippen LogP contribution in [0.4, 0.5) is 0 Å². The van der Waals surface area contributed by atoms with Crippen molar-refractivity contribution in [3.8, 4) is 6.07 Å². The fourth-order valence-corrected chi connectivity index (χ4v) is 3.63. The fourth-order valence-electron chi connectivity index (χ4n) is 2.65. The third-order valence-corrected chi connectivity index (χ3v) is 5.79. The maximum absolute atomic E-state index is 12.0. The predicted octanol–water partition coefficient (Wildman–Crippen LogP) is 2.52. The third-order valence-electron chi connectivity index (χ3n) is 3.92. The Kier molecular flexibility index (Phi) is 4.46. The lowest BCUT2D eigenvalue weighted by atomic mass is 9.94. The van der Waals surface area contributed by atoms with Crippen molar-refractivity contribution in [3.05, 3.63) is 35.4 Å². The van der Waals surface area contributed by atoms with E-state index in [9.17, 15) is 8.42 Å². The van der Waals surface area contributed by atoms with E-state index in [0.717, 1.165) is 24.8 Å². The van der Waals surface area contributed by atoms with E-state index < -0.39 is 15.3 Å². The average Bonchev–Trinajstić information content (AvgIpc) is 2.86. The van der Waals surface area contributed by atoms with Gasteiger partial charge in [0.05, 0.1) is 16.9 Å². The van der Waals surface area contributed by atoms with Crippen LogP contribution in [0.3, 0.4) is 0 Å². The molecule has 5 heteroatoms. The largest absolute Gasteiger partial charge is 0.214 e. The van der Waals surface area contributed by atoms with E-state index in [0.29, 0.717) is 5.56 Å². The summed E-state index contributed by atoms with van der Waals surface area (Å²) in [5.74, 6) is 0.205. The molecule has 0 radical (unpaired) electrons. The van der Waals surface area contributed by atoms with Gasteiger partial charge in [0.2, 0.25) is 10.0 Å². The molecule has 0 aromatic heterocycles. The summed E-state index contributed by atoms with van der Waals surface area (Å²) >= 11 is 0. The van der Waals surface area contributed by atoms with E-state index in [1.165, 1.54) is 0 Å². The zero-order chi connectivity index (χ0) is 14.8. The van der Waals surface area contributed by atoms with Gasteiger partial charge in [0.25, 0.3) is 0 Å². The van der Waals surface area contributed by atoms with Gasteiger partial charge >= 0.3 is 0 Å². The first-order valence-electron chi connectivity index (χ1n) is 6.95. The topological polar surface area (TPSA) is 70.0 Å². The summed E-state index contributed by atoms with van der Waals surface area (Å²) in [5.41, 5.74) is 1.74. The van der Waals surface area contributed by atoms with E-state index in [2.05, 4.69) is 10.8 Å². The van der Waals surface area contributed by atoms with Gasteiger partial charge in [0.1, 0.15) is 0 Å². The molecule has 0 saturated heterocycles. The van der Waals surface area contributed by atoms with Crippen LogP contribution in [-0.4, -0.2) is 19.7 Å². The second-order valence-electron chi connectivity index (χ2n) is 5.59. The number of benzene rings is 1. The summed E-state index contributed by atoms with van der Waals surface area (Å²) in [6, 6.07) is 9.52. The molecule has 0 heterocycles. The highest BCUT2D eigenvalue weighted by Crippen LogP contribution is 2.35. The normalized spacial score (nSPS) is 22.9. The lowest BCUT2D eigenvalue weighted by Crippen LogP contribution is -2.40. The molecule has 1 saturated carbocycles. The van der Waals surface area contributed by atoms with Crippen LogP contribution in [0.1, 0.15) is 50.2 Å². The van der Waals surface area contributed by atoms with Gasteiger partial charge in [-0.15, -0.1) is 0 Å². The summed E-state index contributed by atoms with van der Waals surface area (Å²) in [5, 5.41) is 8.41. The second-order valence-corrected chi connectivity index (χ2v) is 7.86. The minimum absolute atomic E-state index is 0.0321. The van der Waals surface area contributed by atoms with E-state index in [4.69, 9.17) is 5.26 Å². The molecule has 0 aliphatic heterocycles. The van der Waals surface area contributed by atoms with Crippen LogP contribution >= 0.6 is 0 Å². The van der Waals surface area contributed by atoms with Gasteiger partial charge in [-0.05, 0) is 44.4 Å². The molecule has 1 aromatic carbocycles. The van der Waals surface area contributed by atoms with Crippen molar-refractivity contribution in [2.24, 2.45) is 0 Å². The minimum Gasteiger partial charge on any atom is -0.212 e. The molecule has 1 aromatic rings. The smallest absolute Gasteiger partial charge is 0.212 e. The monoisotopic (exact) mass is 292 g/mol. The standard InChI is InChI=1S/C15H20N2O2S/c1-11(2)20(18,19)17-15-5-3-4-14(15)13-8-6-12(10-16)7-9-13/h6-9,11,14-15,17H,3-5H2,1-2H3/t14-,15-/m0/s1. The summed E-state index contributed by atoms with van der Waals surface area (Å²) < 4.78 is 26.9. The molecule has 0 spiro atoms. The van der Waals surface area contributed by atoms with Crippen LogP contribution in [0.5, 0.6) is 0 Å². The molecule has 1 fully saturated rings. The average molecular weight is 292 g/mol. The summed E-state index contributed by atoms with van der Waals surface area (Å²) in [7, 11) is -3.24. The van der Waals surface area contributed by atoms with Gasteiger partial charge in [0, 0.05) is 12.0 Å². The Morgan fingerprint density at radius 2 is 1.90 bits per heavy atom. The Labute approximate surface area is 120 Å². The molecule has 1 aliphatic rings. The van der Waals surface area contributed by atoms with Gasteiger partial charge < -0.3 is 0 Å². The summed E-state index contributed by atoms with van der Waals surface area (Å²) in [6.45, 7) is 3.38. The Morgan fingerprint density at radius 3 is 2.45 bits per heavy atom. The van der Waals surface area contributed by atoms with Crippen LogP contribution in [0.15, 0.2) is 24.3 Å². The van der Waals surface area contributed by atoms with Crippen LogP contribution < -0.4 is 4.72 Å². The molecule has 108 valence electrons. The van der Waals surface area contributed by atoms with E-state index >= 15 is 0 Å². The highest BCUT2D eigenvalue weighted by molar-refractivity contribution is 7.90. The Balaban J connectivity index is 2.17. The highest BCUT2D eigenvalue weighted by Gasteiger charge is 2.32. The van der Waals surface area contributed by atoms with Crippen molar-refractivity contribution < 1.29 is 8.42 Å². The van der Waals surface area contributed by atoms with Crippen LogP contribution in [0.2, 0.25) is 0 Å². The van der Waals surface area contributed by atoms with Gasteiger partial charge in [0.15, 0.2) is 0 Å². The van der Waals surface area contributed by atoms with Crippen molar-refractivity contribution in [1.29, 1.82) is 5.26 Å². The first kappa shape index (κ1) is 15.0. The SMILES string of the molecule is CC(C)S(=O)(=O)N[C@H]1CCC[C@H]1c1ccc(C#N)cc1. The third kappa shape index (κ3) is 3.20. The van der Waals surface area contributed by atoms with Gasteiger partial charge in [-0.3, -0.25) is 0 Å². The molecule has 2 rings (SSSR count). The van der Waals surface area contributed by atoms with Gasteiger partial charge in [-0.2, -0.15) is 5.26 Å². The zero-order valence-electron chi connectivity index (χ0n) is 11.8. The fraction of sp³-hybridized carbons (Fsp3) is 0.533. The maximum atomic E-state index is 12.0. The summed E-state index contributed by atoms with van der Waals surface area (Å²) in [4.78, 5) is 0.